The normalized spacial score (nSPS) is 11.7. The maximum Gasteiger partial charge on any atom is 0.328 e. The third kappa shape index (κ3) is 5.05. The number of carboxylic acids is 1. The van der Waals surface area contributed by atoms with E-state index in [1.807, 2.05) is 60.7 Å². The fraction of sp³-hybridized carbons (Fsp3) is 0.143. The molecule has 3 rings (SSSR count). The Morgan fingerprint density at radius 2 is 1.63 bits per heavy atom. The molecule has 0 aliphatic carbocycles. The highest BCUT2D eigenvalue weighted by Crippen LogP contribution is 2.21. The number of ether oxygens (including phenoxy) is 1. The summed E-state index contributed by atoms with van der Waals surface area (Å²) in [6.45, 7) is 0.113. The summed E-state index contributed by atoms with van der Waals surface area (Å²) in [5.74, 6) is -1.20. The molecule has 1 amide bonds. The Balaban J connectivity index is 1.58. The number of carbonyl (C=O) groups excluding carboxylic acids is 1. The second-order valence-electron chi connectivity index (χ2n) is 5.89. The Kier molecular flexibility index (Phi) is 6.02. The van der Waals surface area contributed by atoms with Crippen molar-refractivity contribution in [2.24, 2.45) is 0 Å². The van der Waals surface area contributed by atoms with E-state index in [1.54, 1.807) is 6.07 Å². The highest BCUT2D eigenvalue weighted by atomic mass is 16.5. The summed E-state index contributed by atoms with van der Waals surface area (Å²) in [7, 11) is 0. The fourth-order valence-corrected chi connectivity index (χ4v) is 2.49. The molecule has 0 radical (unpaired) electrons. The molecule has 0 spiro atoms. The summed E-state index contributed by atoms with van der Waals surface area (Å²) >= 11 is 0. The third-order valence-electron chi connectivity index (χ3n) is 3.89. The summed E-state index contributed by atoms with van der Waals surface area (Å²) in [6.07, 6.45) is 0. The van der Waals surface area contributed by atoms with E-state index in [-0.39, 0.29) is 19.0 Å². The van der Waals surface area contributed by atoms with Crippen molar-refractivity contribution in [2.75, 3.05) is 6.61 Å². The number of rotatable bonds is 8. The standard InChI is InChI=1S/C21H19NO5/c23-20(19-12-11-18(27-19)16-9-5-2-6-10-16)22-17(21(24)25)14-26-13-15-7-3-1-4-8-15/h1-12,17H,13-14H2,(H,22,23)(H,24,25). The smallest absolute Gasteiger partial charge is 0.328 e. The highest BCUT2D eigenvalue weighted by Gasteiger charge is 2.23. The number of hydrogen-bond acceptors (Lipinski definition) is 4. The van der Waals surface area contributed by atoms with Gasteiger partial charge in [0.2, 0.25) is 0 Å². The molecule has 6 heteroatoms. The molecule has 2 aromatic carbocycles. The van der Waals surface area contributed by atoms with Gasteiger partial charge in [-0.1, -0.05) is 60.7 Å². The van der Waals surface area contributed by atoms with Gasteiger partial charge in [-0.2, -0.15) is 0 Å². The minimum absolute atomic E-state index is 0.0446. The largest absolute Gasteiger partial charge is 0.480 e. The summed E-state index contributed by atoms with van der Waals surface area (Å²) in [6, 6.07) is 20.7. The first-order valence-electron chi connectivity index (χ1n) is 8.44. The van der Waals surface area contributed by atoms with E-state index >= 15 is 0 Å². The number of hydrogen-bond donors (Lipinski definition) is 2. The molecule has 138 valence electrons. The van der Waals surface area contributed by atoms with E-state index in [0.29, 0.717) is 5.76 Å². The maximum atomic E-state index is 12.3. The molecule has 0 saturated carbocycles. The van der Waals surface area contributed by atoms with Crippen LogP contribution in [0.5, 0.6) is 0 Å². The number of amides is 1. The SMILES string of the molecule is O=C(NC(COCc1ccccc1)C(=O)O)c1ccc(-c2ccccc2)o1. The molecule has 1 aromatic heterocycles. The monoisotopic (exact) mass is 365 g/mol. The average Bonchev–Trinajstić information content (AvgIpc) is 3.19. The van der Waals surface area contributed by atoms with Gasteiger partial charge in [-0.15, -0.1) is 0 Å². The van der Waals surface area contributed by atoms with Gasteiger partial charge in [0.1, 0.15) is 5.76 Å². The Labute approximate surface area is 156 Å². The summed E-state index contributed by atoms with van der Waals surface area (Å²) in [5.41, 5.74) is 1.75. The minimum Gasteiger partial charge on any atom is -0.480 e. The first-order chi connectivity index (χ1) is 13.1. The van der Waals surface area contributed by atoms with Crippen LogP contribution in [0.15, 0.2) is 77.2 Å². The minimum atomic E-state index is -1.17. The number of carbonyl (C=O) groups is 2. The van der Waals surface area contributed by atoms with Gasteiger partial charge >= 0.3 is 5.97 Å². The number of nitrogens with one attached hydrogen (secondary N) is 1. The van der Waals surface area contributed by atoms with E-state index in [4.69, 9.17) is 9.15 Å². The van der Waals surface area contributed by atoms with Crippen LogP contribution < -0.4 is 5.32 Å². The third-order valence-corrected chi connectivity index (χ3v) is 3.89. The van der Waals surface area contributed by atoms with E-state index in [2.05, 4.69) is 5.32 Å². The summed E-state index contributed by atoms with van der Waals surface area (Å²) < 4.78 is 11.0. The van der Waals surface area contributed by atoms with Crippen molar-refractivity contribution in [1.82, 2.24) is 5.32 Å². The molecule has 6 nitrogen and oxygen atoms in total. The Morgan fingerprint density at radius 3 is 2.30 bits per heavy atom. The second kappa shape index (κ2) is 8.82. The topological polar surface area (TPSA) is 88.8 Å². The van der Waals surface area contributed by atoms with Gasteiger partial charge in [0, 0.05) is 5.56 Å². The molecule has 27 heavy (non-hydrogen) atoms. The van der Waals surface area contributed by atoms with Crippen LogP contribution in [0.3, 0.4) is 0 Å². The van der Waals surface area contributed by atoms with Crippen LogP contribution in [0, 0.1) is 0 Å². The van der Waals surface area contributed by atoms with Gasteiger partial charge in [0.05, 0.1) is 13.2 Å². The van der Waals surface area contributed by atoms with Gasteiger partial charge in [0.25, 0.3) is 5.91 Å². The number of benzene rings is 2. The van der Waals surface area contributed by atoms with Crippen molar-refractivity contribution in [2.45, 2.75) is 12.6 Å². The zero-order chi connectivity index (χ0) is 19.1. The van der Waals surface area contributed by atoms with Gasteiger partial charge in [-0.05, 0) is 17.7 Å². The molecular formula is C21H19NO5. The highest BCUT2D eigenvalue weighted by molar-refractivity contribution is 5.94. The number of carboxylic acid groups (broad SMARTS) is 1. The van der Waals surface area contributed by atoms with Crippen molar-refractivity contribution < 1.29 is 23.8 Å². The van der Waals surface area contributed by atoms with Crippen molar-refractivity contribution in [3.05, 3.63) is 84.1 Å². The van der Waals surface area contributed by atoms with Gasteiger partial charge < -0.3 is 19.6 Å². The predicted molar refractivity (Wildman–Crippen MR) is 99.1 cm³/mol. The van der Waals surface area contributed by atoms with Crippen molar-refractivity contribution in [3.8, 4) is 11.3 Å². The fourth-order valence-electron chi connectivity index (χ4n) is 2.49. The van der Waals surface area contributed by atoms with Crippen LogP contribution in [-0.2, 0) is 16.1 Å². The van der Waals surface area contributed by atoms with Gasteiger partial charge in [-0.25, -0.2) is 4.79 Å². The van der Waals surface area contributed by atoms with Crippen molar-refractivity contribution >= 4 is 11.9 Å². The average molecular weight is 365 g/mol. The van der Waals surface area contributed by atoms with Crippen LogP contribution >= 0.6 is 0 Å². The van der Waals surface area contributed by atoms with Crippen LogP contribution in [0.4, 0.5) is 0 Å². The molecule has 2 N–H and O–H groups in total. The van der Waals surface area contributed by atoms with Gasteiger partial charge in [0.15, 0.2) is 11.8 Å². The quantitative estimate of drug-likeness (QED) is 0.639. The summed E-state index contributed by atoms with van der Waals surface area (Å²) in [5, 5.41) is 11.8. The lowest BCUT2D eigenvalue weighted by atomic mass is 10.2. The van der Waals surface area contributed by atoms with Crippen LogP contribution in [-0.4, -0.2) is 29.6 Å². The maximum absolute atomic E-state index is 12.3. The van der Waals surface area contributed by atoms with E-state index in [1.165, 1.54) is 6.07 Å². The molecule has 1 heterocycles. The second-order valence-corrected chi connectivity index (χ2v) is 5.89. The van der Waals surface area contributed by atoms with Crippen LogP contribution in [0.2, 0.25) is 0 Å². The predicted octanol–water partition coefficient (Wildman–Crippen LogP) is 3.35. The molecule has 0 aliphatic rings. The van der Waals surface area contributed by atoms with E-state index in [0.717, 1.165) is 11.1 Å². The first kappa shape index (κ1) is 18.4. The lowest BCUT2D eigenvalue weighted by Gasteiger charge is -2.14. The molecule has 3 aromatic rings. The van der Waals surface area contributed by atoms with Crippen LogP contribution in [0.25, 0.3) is 11.3 Å². The molecule has 0 fully saturated rings. The molecule has 1 atom stereocenters. The van der Waals surface area contributed by atoms with E-state index < -0.39 is 17.9 Å². The zero-order valence-corrected chi connectivity index (χ0v) is 14.5. The molecule has 0 aliphatic heterocycles. The lowest BCUT2D eigenvalue weighted by Crippen LogP contribution is -2.43. The Bertz CT molecular complexity index is 889. The van der Waals surface area contributed by atoms with Gasteiger partial charge in [-0.3, -0.25) is 4.79 Å². The van der Waals surface area contributed by atoms with E-state index in [9.17, 15) is 14.7 Å². The Morgan fingerprint density at radius 1 is 0.963 bits per heavy atom. The lowest BCUT2D eigenvalue weighted by molar-refractivity contribution is -0.141. The molecular weight excluding hydrogens is 346 g/mol. The van der Waals surface area contributed by atoms with Crippen LogP contribution in [0.1, 0.15) is 16.1 Å². The Hall–Kier alpha value is -3.38. The zero-order valence-electron chi connectivity index (χ0n) is 14.5. The first-order valence-corrected chi connectivity index (χ1v) is 8.44. The molecule has 1 unspecified atom stereocenters. The number of furan rings is 1. The van der Waals surface area contributed by atoms with Crippen molar-refractivity contribution in [3.63, 3.8) is 0 Å². The number of aliphatic carboxylic acids is 1. The molecule has 0 saturated heterocycles. The summed E-state index contributed by atoms with van der Waals surface area (Å²) in [4.78, 5) is 23.7. The van der Waals surface area contributed by atoms with Crippen molar-refractivity contribution in [1.29, 1.82) is 0 Å². The molecule has 0 bridgehead atoms.